The number of hydrogen-bond acceptors (Lipinski definition) is 5. The lowest BCUT2D eigenvalue weighted by Gasteiger charge is -2.29. The second-order valence-corrected chi connectivity index (χ2v) is 8.54. The molecule has 8 heteroatoms. The summed E-state index contributed by atoms with van der Waals surface area (Å²) in [6.07, 6.45) is 1.80. The maximum absolute atomic E-state index is 13.5. The third-order valence-corrected chi connectivity index (χ3v) is 6.66. The summed E-state index contributed by atoms with van der Waals surface area (Å²) in [5.41, 5.74) is 1.94. The van der Waals surface area contributed by atoms with Crippen LogP contribution in [-0.4, -0.2) is 28.7 Å². The van der Waals surface area contributed by atoms with Crippen LogP contribution in [-0.2, 0) is 17.8 Å². The van der Waals surface area contributed by atoms with E-state index in [1.54, 1.807) is 40.6 Å². The van der Waals surface area contributed by atoms with Crippen molar-refractivity contribution in [3.05, 3.63) is 86.4 Å². The van der Waals surface area contributed by atoms with E-state index < -0.39 is 11.2 Å². The third kappa shape index (κ3) is 3.33. The summed E-state index contributed by atoms with van der Waals surface area (Å²) in [4.78, 5) is 41.7. The van der Waals surface area contributed by atoms with Crippen LogP contribution in [0.25, 0.3) is 15.9 Å². The lowest BCUT2D eigenvalue weighted by Crippen LogP contribution is -2.43. The lowest BCUT2D eigenvalue weighted by atomic mass is 10.0. The standard InChI is InChI=1S/C24H21N3O4S/c1-31-18-9-4-8-17(14-18)27-23(29)22-20(11-13-32-22)26(24(27)30)15-21(28)25-12-5-7-16-6-2-3-10-19(16)25/h2-4,6,8-11,13-14H,5,7,12,15H2,1H3. The minimum absolute atomic E-state index is 0.148. The molecule has 7 nitrogen and oxygen atoms in total. The number of benzene rings is 2. The summed E-state index contributed by atoms with van der Waals surface area (Å²) in [5.74, 6) is 0.357. The van der Waals surface area contributed by atoms with Crippen molar-refractivity contribution < 1.29 is 9.53 Å². The summed E-state index contributed by atoms with van der Waals surface area (Å²) in [5, 5.41) is 1.76. The number of methoxy groups -OCH3 is 1. The van der Waals surface area contributed by atoms with Crippen molar-refractivity contribution in [1.29, 1.82) is 0 Å². The number of aromatic nitrogens is 2. The van der Waals surface area contributed by atoms with Gasteiger partial charge in [-0.15, -0.1) is 11.3 Å². The van der Waals surface area contributed by atoms with E-state index in [0.29, 0.717) is 28.2 Å². The maximum Gasteiger partial charge on any atom is 0.336 e. The van der Waals surface area contributed by atoms with Crippen molar-refractivity contribution in [3.8, 4) is 11.4 Å². The number of carbonyl (C=O) groups excluding carboxylic acids is 1. The molecule has 162 valence electrons. The Morgan fingerprint density at radius 3 is 2.78 bits per heavy atom. The van der Waals surface area contributed by atoms with Gasteiger partial charge in [0.2, 0.25) is 5.91 Å². The van der Waals surface area contributed by atoms with Gasteiger partial charge < -0.3 is 9.64 Å². The Labute approximate surface area is 187 Å². The highest BCUT2D eigenvalue weighted by atomic mass is 32.1. The van der Waals surface area contributed by atoms with Crippen LogP contribution in [0.3, 0.4) is 0 Å². The van der Waals surface area contributed by atoms with Gasteiger partial charge in [-0.25, -0.2) is 9.36 Å². The van der Waals surface area contributed by atoms with Gasteiger partial charge in [-0.2, -0.15) is 0 Å². The van der Waals surface area contributed by atoms with Gasteiger partial charge >= 0.3 is 5.69 Å². The number of nitrogens with zero attached hydrogens (tertiary/aromatic N) is 3. The molecule has 0 radical (unpaired) electrons. The molecule has 0 aliphatic carbocycles. The first-order chi connectivity index (χ1) is 15.6. The number of ether oxygens (including phenoxy) is 1. The molecule has 2 aromatic heterocycles. The molecule has 0 unspecified atom stereocenters. The predicted molar refractivity (Wildman–Crippen MR) is 125 cm³/mol. The Kier molecular flexibility index (Phi) is 5.14. The molecule has 0 saturated carbocycles. The fourth-order valence-electron chi connectivity index (χ4n) is 4.23. The highest BCUT2D eigenvalue weighted by Gasteiger charge is 2.24. The fourth-order valence-corrected chi connectivity index (χ4v) is 5.05. The molecule has 0 fully saturated rings. The molecule has 0 saturated heterocycles. The maximum atomic E-state index is 13.5. The first-order valence-corrected chi connectivity index (χ1v) is 11.2. The van der Waals surface area contributed by atoms with Gasteiger partial charge in [0, 0.05) is 18.3 Å². The Balaban J connectivity index is 1.62. The lowest BCUT2D eigenvalue weighted by molar-refractivity contribution is -0.119. The van der Waals surface area contributed by atoms with Gasteiger partial charge in [0.1, 0.15) is 17.0 Å². The molecule has 1 aliphatic heterocycles. The molecule has 4 aromatic rings. The summed E-state index contributed by atoms with van der Waals surface area (Å²) in [6.45, 7) is 0.456. The van der Waals surface area contributed by atoms with E-state index in [-0.39, 0.29) is 12.5 Å². The molecule has 0 N–H and O–H groups in total. The van der Waals surface area contributed by atoms with Crippen molar-refractivity contribution >= 4 is 33.1 Å². The summed E-state index contributed by atoms with van der Waals surface area (Å²) >= 11 is 1.26. The van der Waals surface area contributed by atoms with Gasteiger partial charge in [0.05, 0.1) is 18.3 Å². The van der Waals surface area contributed by atoms with Crippen LogP contribution in [0.4, 0.5) is 5.69 Å². The molecule has 32 heavy (non-hydrogen) atoms. The smallest absolute Gasteiger partial charge is 0.336 e. The summed E-state index contributed by atoms with van der Waals surface area (Å²) in [6, 6.07) is 16.3. The largest absolute Gasteiger partial charge is 0.497 e. The Hall–Kier alpha value is -3.65. The number of aryl methyl sites for hydroxylation is 1. The topological polar surface area (TPSA) is 73.5 Å². The normalized spacial score (nSPS) is 13.2. The second kappa shape index (κ2) is 8.12. The first kappa shape index (κ1) is 20.3. The van der Waals surface area contributed by atoms with E-state index in [4.69, 9.17) is 4.74 Å². The number of anilines is 1. The fraction of sp³-hybridized carbons (Fsp3) is 0.208. The minimum atomic E-state index is -0.548. The monoisotopic (exact) mass is 447 g/mol. The van der Waals surface area contributed by atoms with Crippen molar-refractivity contribution in [3.63, 3.8) is 0 Å². The Morgan fingerprint density at radius 2 is 1.94 bits per heavy atom. The number of amides is 1. The zero-order chi connectivity index (χ0) is 22.2. The number of para-hydroxylation sites is 1. The number of hydrogen-bond donors (Lipinski definition) is 0. The van der Waals surface area contributed by atoms with E-state index >= 15 is 0 Å². The number of thiophene rings is 1. The molecular formula is C24H21N3O4S. The van der Waals surface area contributed by atoms with Gasteiger partial charge in [-0.3, -0.25) is 14.2 Å². The Morgan fingerprint density at radius 1 is 1.09 bits per heavy atom. The second-order valence-electron chi connectivity index (χ2n) is 7.62. The van der Waals surface area contributed by atoms with E-state index in [1.165, 1.54) is 23.0 Å². The molecule has 5 rings (SSSR count). The zero-order valence-corrected chi connectivity index (χ0v) is 18.3. The molecule has 3 heterocycles. The third-order valence-electron chi connectivity index (χ3n) is 5.77. The SMILES string of the molecule is COc1cccc(-n2c(=O)c3sccc3n(CC(=O)N3CCCc4ccccc43)c2=O)c1. The molecule has 0 atom stereocenters. The molecular weight excluding hydrogens is 426 g/mol. The van der Waals surface area contributed by atoms with Crippen LogP contribution in [0.15, 0.2) is 69.6 Å². The zero-order valence-electron chi connectivity index (χ0n) is 17.5. The van der Waals surface area contributed by atoms with Crippen molar-refractivity contribution in [1.82, 2.24) is 9.13 Å². The average molecular weight is 448 g/mol. The van der Waals surface area contributed by atoms with Gasteiger partial charge in [0.25, 0.3) is 5.56 Å². The van der Waals surface area contributed by atoms with Crippen molar-refractivity contribution in [2.24, 2.45) is 0 Å². The van der Waals surface area contributed by atoms with Crippen molar-refractivity contribution in [2.75, 3.05) is 18.6 Å². The van der Waals surface area contributed by atoms with Crippen LogP contribution >= 0.6 is 11.3 Å². The van der Waals surface area contributed by atoms with Crippen molar-refractivity contribution in [2.45, 2.75) is 19.4 Å². The van der Waals surface area contributed by atoms with E-state index in [9.17, 15) is 14.4 Å². The highest BCUT2D eigenvalue weighted by Crippen LogP contribution is 2.27. The van der Waals surface area contributed by atoms with Crippen LogP contribution < -0.4 is 20.9 Å². The van der Waals surface area contributed by atoms with E-state index in [0.717, 1.165) is 28.7 Å². The van der Waals surface area contributed by atoms with E-state index in [1.807, 2.05) is 24.3 Å². The van der Waals surface area contributed by atoms with Gasteiger partial charge in [-0.1, -0.05) is 24.3 Å². The first-order valence-electron chi connectivity index (χ1n) is 10.3. The highest BCUT2D eigenvalue weighted by molar-refractivity contribution is 7.17. The number of rotatable bonds is 4. The minimum Gasteiger partial charge on any atom is -0.497 e. The number of carbonyl (C=O) groups is 1. The van der Waals surface area contributed by atoms with Gasteiger partial charge in [0.15, 0.2) is 0 Å². The summed E-state index contributed by atoms with van der Waals surface area (Å²) < 4.78 is 8.19. The molecule has 2 aromatic carbocycles. The van der Waals surface area contributed by atoms with E-state index in [2.05, 4.69) is 0 Å². The Bertz CT molecular complexity index is 1450. The van der Waals surface area contributed by atoms with Crippen LogP contribution in [0.2, 0.25) is 0 Å². The molecule has 1 amide bonds. The average Bonchev–Trinajstić information content (AvgIpc) is 3.32. The molecule has 1 aliphatic rings. The number of fused-ring (bicyclic) bond motifs is 2. The van der Waals surface area contributed by atoms with Crippen LogP contribution in [0.1, 0.15) is 12.0 Å². The van der Waals surface area contributed by atoms with Crippen LogP contribution in [0.5, 0.6) is 5.75 Å². The summed E-state index contributed by atoms with van der Waals surface area (Å²) in [7, 11) is 1.53. The predicted octanol–water partition coefficient (Wildman–Crippen LogP) is 3.20. The molecule has 0 spiro atoms. The quantitative estimate of drug-likeness (QED) is 0.482. The van der Waals surface area contributed by atoms with Crippen LogP contribution in [0, 0.1) is 0 Å². The molecule has 0 bridgehead atoms. The van der Waals surface area contributed by atoms with Gasteiger partial charge in [-0.05, 0) is 48.1 Å².